The highest BCUT2D eigenvalue weighted by atomic mass is 32.2. The van der Waals surface area contributed by atoms with Crippen molar-refractivity contribution < 1.29 is 9.32 Å². The van der Waals surface area contributed by atoms with Gasteiger partial charge in [0.25, 0.3) is 0 Å². The van der Waals surface area contributed by atoms with Gasteiger partial charge in [0.15, 0.2) is 5.82 Å². The summed E-state index contributed by atoms with van der Waals surface area (Å²) in [6.45, 7) is 0. The number of rotatable bonds is 3. The molecule has 1 saturated carbocycles. The second kappa shape index (κ2) is 5.75. The van der Waals surface area contributed by atoms with Crippen molar-refractivity contribution in [3.05, 3.63) is 12.2 Å². The van der Waals surface area contributed by atoms with E-state index in [0.29, 0.717) is 5.82 Å². The Morgan fingerprint density at radius 2 is 2.26 bits per heavy atom. The van der Waals surface area contributed by atoms with Gasteiger partial charge in [0.05, 0.1) is 5.25 Å². The lowest BCUT2D eigenvalue weighted by molar-refractivity contribution is -0.122. The highest BCUT2D eigenvalue weighted by molar-refractivity contribution is 8.07. The van der Waals surface area contributed by atoms with Crippen LogP contribution in [-0.4, -0.2) is 38.6 Å². The zero-order valence-electron chi connectivity index (χ0n) is 10.6. The van der Waals surface area contributed by atoms with Crippen LogP contribution in [0.3, 0.4) is 0 Å². The highest BCUT2D eigenvalue weighted by Crippen LogP contribution is 2.37. The van der Waals surface area contributed by atoms with E-state index in [2.05, 4.69) is 15.5 Å². The normalized spacial score (nSPS) is 26.2. The molecule has 1 saturated heterocycles. The lowest BCUT2D eigenvalue weighted by Gasteiger charge is -2.30. The fraction of sp³-hybridized carbons (Fsp3) is 0.750. The molecule has 19 heavy (non-hydrogen) atoms. The number of amides is 1. The quantitative estimate of drug-likeness (QED) is 0.918. The maximum Gasteiger partial charge on any atom is 0.234 e. The molecule has 1 aliphatic heterocycles. The predicted molar refractivity (Wildman–Crippen MR) is 76.2 cm³/mol. The van der Waals surface area contributed by atoms with E-state index in [1.54, 1.807) is 11.8 Å². The van der Waals surface area contributed by atoms with Gasteiger partial charge in [-0.2, -0.15) is 16.7 Å². The van der Waals surface area contributed by atoms with E-state index >= 15 is 0 Å². The van der Waals surface area contributed by atoms with Crippen molar-refractivity contribution in [2.45, 2.75) is 36.5 Å². The van der Waals surface area contributed by atoms with Crippen LogP contribution >= 0.6 is 23.5 Å². The number of carbonyl (C=O) groups excluding carboxylic acids is 1. The van der Waals surface area contributed by atoms with Gasteiger partial charge in [-0.15, -0.1) is 11.8 Å². The van der Waals surface area contributed by atoms with Crippen LogP contribution in [0.5, 0.6) is 0 Å². The summed E-state index contributed by atoms with van der Waals surface area (Å²) in [5.74, 6) is 3.86. The Balaban J connectivity index is 1.73. The standard InChI is InChI=1S/C12H17N3O2S2/c16-10(9-7-18-5-6-19-9)14-12(3-1-2-4-12)11-13-8-17-15-11/h8-9H,1-7H2,(H,14,16). The Hall–Kier alpha value is -0.690. The number of thioether (sulfide) groups is 2. The SMILES string of the molecule is O=C(NC1(c2ncon2)CCCC1)C1CSCCS1. The van der Waals surface area contributed by atoms with Crippen LogP contribution in [0.2, 0.25) is 0 Å². The van der Waals surface area contributed by atoms with Crippen molar-refractivity contribution in [1.82, 2.24) is 15.5 Å². The largest absolute Gasteiger partial charge is 0.343 e. The van der Waals surface area contributed by atoms with Gasteiger partial charge in [-0.3, -0.25) is 4.79 Å². The molecular weight excluding hydrogens is 282 g/mol. The molecule has 5 nitrogen and oxygen atoms in total. The molecule has 0 spiro atoms. The number of nitrogens with zero attached hydrogens (tertiary/aromatic N) is 2. The first-order chi connectivity index (χ1) is 9.30. The molecular formula is C12H17N3O2S2. The Bertz CT molecular complexity index is 426. The van der Waals surface area contributed by atoms with Gasteiger partial charge in [0.1, 0.15) is 5.54 Å². The third-order valence-electron chi connectivity index (χ3n) is 3.72. The minimum atomic E-state index is -0.396. The van der Waals surface area contributed by atoms with Gasteiger partial charge >= 0.3 is 0 Å². The molecule has 0 bridgehead atoms. The molecule has 1 aromatic heterocycles. The molecule has 1 N–H and O–H groups in total. The summed E-state index contributed by atoms with van der Waals surface area (Å²) in [5, 5.41) is 7.22. The zero-order valence-corrected chi connectivity index (χ0v) is 12.3. The van der Waals surface area contributed by atoms with Gasteiger partial charge < -0.3 is 9.84 Å². The molecule has 1 aliphatic carbocycles. The van der Waals surface area contributed by atoms with Crippen molar-refractivity contribution >= 4 is 29.4 Å². The third-order valence-corrected chi connectivity index (χ3v) is 6.47. The Kier molecular flexibility index (Phi) is 4.02. The van der Waals surface area contributed by atoms with Crippen molar-refractivity contribution in [2.24, 2.45) is 0 Å². The topological polar surface area (TPSA) is 68.0 Å². The summed E-state index contributed by atoms with van der Waals surface area (Å²) in [7, 11) is 0. The Morgan fingerprint density at radius 1 is 1.42 bits per heavy atom. The van der Waals surface area contributed by atoms with Crippen LogP contribution in [0, 0.1) is 0 Å². The molecule has 104 valence electrons. The number of carbonyl (C=O) groups is 1. The summed E-state index contributed by atoms with van der Waals surface area (Å²) in [5.41, 5.74) is -0.396. The molecule has 2 fully saturated rings. The van der Waals surface area contributed by atoms with Crippen LogP contribution in [-0.2, 0) is 10.3 Å². The van der Waals surface area contributed by atoms with E-state index in [0.717, 1.165) is 42.9 Å². The van der Waals surface area contributed by atoms with E-state index in [1.807, 2.05) is 11.8 Å². The number of hydrogen-bond acceptors (Lipinski definition) is 6. The van der Waals surface area contributed by atoms with Crippen LogP contribution in [0.4, 0.5) is 0 Å². The minimum absolute atomic E-state index is 0.0585. The van der Waals surface area contributed by atoms with E-state index < -0.39 is 5.54 Å². The first-order valence-corrected chi connectivity index (χ1v) is 8.79. The van der Waals surface area contributed by atoms with Crippen LogP contribution in [0.15, 0.2) is 10.9 Å². The van der Waals surface area contributed by atoms with Gasteiger partial charge in [-0.25, -0.2) is 0 Å². The van der Waals surface area contributed by atoms with E-state index in [9.17, 15) is 4.79 Å². The van der Waals surface area contributed by atoms with Crippen LogP contribution in [0.25, 0.3) is 0 Å². The maximum absolute atomic E-state index is 12.4. The average molecular weight is 299 g/mol. The van der Waals surface area contributed by atoms with E-state index in [-0.39, 0.29) is 11.2 Å². The second-order valence-electron chi connectivity index (χ2n) is 4.97. The summed E-state index contributed by atoms with van der Waals surface area (Å²) in [6.07, 6.45) is 5.35. The summed E-state index contributed by atoms with van der Waals surface area (Å²) in [4.78, 5) is 16.6. The van der Waals surface area contributed by atoms with E-state index in [1.165, 1.54) is 6.39 Å². The first kappa shape index (κ1) is 13.3. The van der Waals surface area contributed by atoms with E-state index in [4.69, 9.17) is 4.52 Å². The lowest BCUT2D eigenvalue weighted by atomic mass is 9.96. The van der Waals surface area contributed by atoms with Crippen LogP contribution in [0.1, 0.15) is 31.5 Å². The molecule has 2 aliphatic rings. The smallest absolute Gasteiger partial charge is 0.234 e. The van der Waals surface area contributed by atoms with Crippen molar-refractivity contribution in [3.63, 3.8) is 0 Å². The summed E-state index contributed by atoms with van der Waals surface area (Å²) >= 11 is 3.61. The minimum Gasteiger partial charge on any atom is -0.343 e. The zero-order chi connectivity index (χ0) is 13.1. The molecule has 1 aromatic rings. The number of nitrogens with one attached hydrogen (secondary N) is 1. The maximum atomic E-state index is 12.4. The highest BCUT2D eigenvalue weighted by Gasteiger charge is 2.42. The summed E-state index contributed by atoms with van der Waals surface area (Å²) < 4.78 is 4.86. The number of aromatic nitrogens is 2. The molecule has 0 aromatic carbocycles. The predicted octanol–water partition coefficient (Wildman–Crippen LogP) is 1.80. The van der Waals surface area contributed by atoms with Crippen molar-refractivity contribution in [3.8, 4) is 0 Å². The summed E-state index contributed by atoms with van der Waals surface area (Å²) in [6, 6.07) is 0. The molecule has 1 unspecified atom stereocenters. The third kappa shape index (κ3) is 2.76. The lowest BCUT2D eigenvalue weighted by Crippen LogP contribution is -2.49. The Labute approximate surface area is 120 Å². The van der Waals surface area contributed by atoms with Crippen molar-refractivity contribution in [1.29, 1.82) is 0 Å². The molecule has 1 atom stereocenters. The molecule has 3 rings (SSSR count). The number of hydrogen-bond donors (Lipinski definition) is 1. The molecule has 2 heterocycles. The fourth-order valence-electron chi connectivity index (χ4n) is 2.72. The Morgan fingerprint density at radius 3 is 2.89 bits per heavy atom. The van der Waals surface area contributed by atoms with Gasteiger partial charge in [-0.05, 0) is 12.8 Å². The van der Waals surface area contributed by atoms with Gasteiger partial charge in [-0.1, -0.05) is 18.0 Å². The second-order valence-corrected chi connectivity index (χ2v) is 7.43. The monoisotopic (exact) mass is 299 g/mol. The average Bonchev–Trinajstić information content (AvgIpc) is 3.11. The fourth-order valence-corrected chi connectivity index (χ4v) is 5.28. The first-order valence-electron chi connectivity index (χ1n) is 6.58. The van der Waals surface area contributed by atoms with Crippen LogP contribution < -0.4 is 5.32 Å². The molecule has 0 radical (unpaired) electrons. The van der Waals surface area contributed by atoms with Gasteiger partial charge in [0, 0.05) is 17.3 Å². The molecule has 7 heteroatoms. The molecule has 1 amide bonds. The van der Waals surface area contributed by atoms with Gasteiger partial charge in [0.2, 0.25) is 12.3 Å². The van der Waals surface area contributed by atoms with Crippen molar-refractivity contribution in [2.75, 3.05) is 17.3 Å².